The number of carboxylic acid groups (broad SMARTS) is 1. The second-order valence-corrected chi connectivity index (χ2v) is 11.8. The first-order chi connectivity index (χ1) is 18.5. The van der Waals surface area contributed by atoms with Crippen molar-refractivity contribution in [2.24, 2.45) is 5.92 Å². The van der Waals surface area contributed by atoms with Crippen LogP contribution in [-0.4, -0.2) is 23.8 Å². The average molecular weight is 527 g/mol. The Morgan fingerprint density at radius 1 is 1.05 bits per heavy atom. The van der Waals surface area contributed by atoms with E-state index < -0.39 is 12.6 Å². The number of rotatable bonds is 9. The fourth-order valence-electron chi connectivity index (χ4n) is 5.75. The van der Waals surface area contributed by atoms with Crippen LogP contribution in [0.2, 0.25) is 0 Å². The molecule has 4 nitrogen and oxygen atoms in total. The van der Waals surface area contributed by atoms with E-state index in [9.17, 15) is 9.90 Å². The Morgan fingerprint density at radius 3 is 2.31 bits per heavy atom. The molecule has 3 aromatic carbocycles. The largest absolute Gasteiger partial charge is 0.482 e. The Balaban J connectivity index is 1.73. The molecule has 1 N–H and O–H groups in total. The highest BCUT2D eigenvalue weighted by Gasteiger charge is 2.40. The number of aliphatic carboxylic acids is 1. The summed E-state index contributed by atoms with van der Waals surface area (Å²) in [5.41, 5.74) is 6.59. The number of carboxylic acids is 1. The van der Waals surface area contributed by atoms with Crippen LogP contribution in [0.4, 0.5) is 0 Å². The molecule has 1 fully saturated rings. The summed E-state index contributed by atoms with van der Waals surface area (Å²) >= 11 is 0. The smallest absolute Gasteiger partial charge is 0.341 e. The van der Waals surface area contributed by atoms with Crippen LogP contribution in [0.3, 0.4) is 0 Å². The third-order valence-corrected chi connectivity index (χ3v) is 8.35. The van der Waals surface area contributed by atoms with Crippen LogP contribution >= 0.6 is 0 Å². The maximum atomic E-state index is 11.4. The molecule has 0 amide bonds. The van der Waals surface area contributed by atoms with Crippen molar-refractivity contribution >= 4 is 5.97 Å². The molecule has 4 atom stereocenters. The van der Waals surface area contributed by atoms with E-state index in [-0.39, 0.29) is 29.5 Å². The van der Waals surface area contributed by atoms with Gasteiger partial charge < -0.3 is 14.6 Å². The lowest BCUT2D eigenvalue weighted by Gasteiger charge is -2.42. The number of ether oxygens (including phenoxy) is 2. The summed E-state index contributed by atoms with van der Waals surface area (Å²) in [4.78, 5) is 11.4. The summed E-state index contributed by atoms with van der Waals surface area (Å²) in [7, 11) is 0. The van der Waals surface area contributed by atoms with Crippen LogP contribution in [0.5, 0.6) is 5.75 Å². The topological polar surface area (TPSA) is 55.8 Å². The summed E-state index contributed by atoms with van der Waals surface area (Å²) in [6.45, 7) is 17.0. The fraction of sp³-hybridized carbons (Fsp3) is 0.400. The molecule has 1 aliphatic rings. The standard InChI is InChI=1S/C35H42O4/c1-22(2)25-13-15-26(16-14-25)30-20-29(23(3)4)34(39-24(30)5)31-19-28(17-18-32(31)38-21-33(36)37)35(6,7)27-11-9-8-10-12-27/h8-19,22,24,29-30,34H,3,20-21H2,1-2,4-7H3,(H,36,37)/t24-,29-,30-,34-/m0/s1. The van der Waals surface area contributed by atoms with Crippen LogP contribution in [0.25, 0.3) is 0 Å². The van der Waals surface area contributed by atoms with E-state index >= 15 is 0 Å². The number of benzene rings is 3. The molecule has 0 spiro atoms. The minimum absolute atomic E-state index is 0.0337. The van der Waals surface area contributed by atoms with Crippen molar-refractivity contribution in [1.29, 1.82) is 0 Å². The van der Waals surface area contributed by atoms with E-state index in [4.69, 9.17) is 9.47 Å². The van der Waals surface area contributed by atoms with Gasteiger partial charge in [-0.25, -0.2) is 4.79 Å². The molecule has 0 aliphatic carbocycles. The SMILES string of the molecule is C=C(C)[C@@H]1C[C@H](c2ccc(C(C)C)cc2)[C@H](C)O[C@@H]1c1cc(C(C)(C)c2ccccc2)ccc1OCC(=O)O. The van der Waals surface area contributed by atoms with Crippen molar-refractivity contribution in [2.45, 2.75) is 77.4 Å². The molecule has 0 unspecified atom stereocenters. The van der Waals surface area contributed by atoms with Gasteiger partial charge in [-0.1, -0.05) is 101 Å². The van der Waals surface area contributed by atoms with Crippen LogP contribution in [0.15, 0.2) is 84.9 Å². The highest BCUT2D eigenvalue weighted by molar-refractivity contribution is 5.68. The van der Waals surface area contributed by atoms with E-state index in [1.54, 1.807) is 0 Å². The lowest BCUT2D eigenvalue weighted by molar-refractivity contribution is -0.139. The van der Waals surface area contributed by atoms with Gasteiger partial charge in [0.25, 0.3) is 0 Å². The Kier molecular flexibility index (Phi) is 8.66. The minimum Gasteiger partial charge on any atom is -0.482 e. The zero-order valence-corrected chi connectivity index (χ0v) is 24.1. The Labute approximate surface area is 233 Å². The third kappa shape index (κ3) is 6.28. The molecule has 4 rings (SSSR count). The lowest BCUT2D eigenvalue weighted by Crippen LogP contribution is -2.35. The van der Waals surface area contributed by atoms with Gasteiger partial charge in [0, 0.05) is 22.8 Å². The molecular formula is C35H42O4. The Hall–Kier alpha value is -3.37. The second kappa shape index (κ2) is 11.8. The zero-order chi connectivity index (χ0) is 28.3. The third-order valence-electron chi connectivity index (χ3n) is 8.35. The van der Waals surface area contributed by atoms with Gasteiger partial charge in [-0.2, -0.15) is 0 Å². The fourth-order valence-corrected chi connectivity index (χ4v) is 5.75. The van der Waals surface area contributed by atoms with Gasteiger partial charge in [-0.3, -0.25) is 0 Å². The van der Waals surface area contributed by atoms with Crippen LogP contribution in [0, 0.1) is 5.92 Å². The van der Waals surface area contributed by atoms with E-state index in [2.05, 4.69) is 103 Å². The first-order valence-electron chi connectivity index (χ1n) is 13.9. The van der Waals surface area contributed by atoms with Gasteiger partial charge in [0.15, 0.2) is 6.61 Å². The molecule has 206 valence electrons. The molecule has 0 aromatic heterocycles. The van der Waals surface area contributed by atoms with Crippen molar-refractivity contribution in [3.63, 3.8) is 0 Å². The van der Waals surface area contributed by atoms with Gasteiger partial charge in [0.2, 0.25) is 0 Å². The van der Waals surface area contributed by atoms with E-state index in [1.165, 1.54) is 16.7 Å². The number of hydrogen-bond donors (Lipinski definition) is 1. The van der Waals surface area contributed by atoms with Crippen molar-refractivity contribution in [1.82, 2.24) is 0 Å². The molecule has 1 saturated heterocycles. The highest BCUT2D eigenvalue weighted by Crippen LogP contribution is 2.49. The van der Waals surface area contributed by atoms with Crippen molar-refractivity contribution in [3.8, 4) is 5.75 Å². The Bertz CT molecular complexity index is 1290. The van der Waals surface area contributed by atoms with Gasteiger partial charge in [-0.05, 0) is 60.6 Å². The summed E-state index contributed by atoms with van der Waals surface area (Å²) in [6, 6.07) is 25.4. The zero-order valence-electron chi connectivity index (χ0n) is 24.1. The van der Waals surface area contributed by atoms with Crippen molar-refractivity contribution in [2.75, 3.05) is 6.61 Å². The van der Waals surface area contributed by atoms with Gasteiger partial charge in [0.05, 0.1) is 12.2 Å². The number of hydrogen-bond acceptors (Lipinski definition) is 3. The lowest BCUT2D eigenvalue weighted by atomic mass is 9.74. The van der Waals surface area contributed by atoms with Gasteiger partial charge in [0.1, 0.15) is 5.75 Å². The summed E-state index contributed by atoms with van der Waals surface area (Å²) < 4.78 is 12.6. The average Bonchev–Trinajstić information content (AvgIpc) is 2.92. The predicted molar refractivity (Wildman–Crippen MR) is 158 cm³/mol. The molecule has 0 saturated carbocycles. The summed E-state index contributed by atoms with van der Waals surface area (Å²) in [5.74, 6) is 0.320. The normalized spacial score (nSPS) is 21.5. The molecule has 39 heavy (non-hydrogen) atoms. The van der Waals surface area contributed by atoms with E-state index in [0.717, 1.165) is 23.1 Å². The second-order valence-electron chi connectivity index (χ2n) is 11.8. The molecule has 3 aromatic rings. The monoisotopic (exact) mass is 526 g/mol. The van der Waals surface area contributed by atoms with Crippen molar-refractivity contribution < 1.29 is 19.4 Å². The van der Waals surface area contributed by atoms with Crippen LogP contribution < -0.4 is 4.74 Å². The van der Waals surface area contributed by atoms with Crippen LogP contribution in [-0.2, 0) is 14.9 Å². The number of carbonyl (C=O) groups is 1. The highest BCUT2D eigenvalue weighted by atomic mass is 16.5. The summed E-state index contributed by atoms with van der Waals surface area (Å²) in [6.07, 6.45) is 0.569. The molecule has 0 radical (unpaired) electrons. The molecular weight excluding hydrogens is 484 g/mol. The molecule has 1 heterocycles. The van der Waals surface area contributed by atoms with Crippen LogP contribution in [0.1, 0.15) is 93.7 Å². The quantitative estimate of drug-likeness (QED) is 0.284. The molecule has 1 aliphatic heterocycles. The van der Waals surface area contributed by atoms with Gasteiger partial charge in [-0.15, -0.1) is 0 Å². The van der Waals surface area contributed by atoms with E-state index in [0.29, 0.717) is 11.7 Å². The van der Waals surface area contributed by atoms with Gasteiger partial charge >= 0.3 is 5.97 Å². The molecule has 4 heteroatoms. The maximum Gasteiger partial charge on any atom is 0.341 e. The Morgan fingerprint density at radius 2 is 1.72 bits per heavy atom. The van der Waals surface area contributed by atoms with Crippen molar-refractivity contribution in [3.05, 3.63) is 113 Å². The first kappa shape index (κ1) is 28.6. The molecule has 0 bridgehead atoms. The van der Waals surface area contributed by atoms with E-state index in [1.807, 2.05) is 18.2 Å². The predicted octanol–water partition coefficient (Wildman–Crippen LogP) is 8.43. The minimum atomic E-state index is -1.01. The first-order valence-corrected chi connectivity index (χ1v) is 13.9. The summed E-state index contributed by atoms with van der Waals surface area (Å²) in [5, 5.41) is 9.33. The maximum absolute atomic E-state index is 11.4.